The molecule has 0 saturated carbocycles. The molecule has 1 aromatic carbocycles. The van der Waals surface area contributed by atoms with E-state index in [0.29, 0.717) is 11.4 Å². The van der Waals surface area contributed by atoms with E-state index in [9.17, 15) is 8.78 Å². The average Bonchev–Trinajstić information content (AvgIpc) is 2.93. The van der Waals surface area contributed by atoms with Crippen molar-refractivity contribution in [3.05, 3.63) is 53.6 Å². The van der Waals surface area contributed by atoms with Crippen molar-refractivity contribution in [2.24, 2.45) is 0 Å². The number of hydrogen-bond acceptors (Lipinski definition) is 3. The van der Waals surface area contributed by atoms with Crippen LogP contribution in [0.25, 0.3) is 0 Å². The van der Waals surface area contributed by atoms with Gasteiger partial charge in [0.25, 0.3) is 0 Å². The maximum atomic E-state index is 12.7. The average molecular weight is 276 g/mol. The fourth-order valence-corrected chi connectivity index (χ4v) is 1.87. The minimum absolute atomic E-state index is 0.0226. The van der Waals surface area contributed by atoms with Crippen molar-refractivity contribution in [1.29, 1.82) is 5.26 Å². The highest BCUT2D eigenvalue weighted by Gasteiger charge is 2.12. The lowest BCUT2D eigenvalue weighted by Gasteiger charge is -2.14. The summed E-state index contributed by atoms with van der Waals surface area (Å²) in [5.74, 6) is 0.292. The molecule has 1 atom stereocenters. The van der Waals surface area contributed by atoms with Gasteiger partial charge in [0.05, 0.1) is 18.2 Å². The van der Waals surface area contributed by atoms with Crippen molar-refractivity contribution in [1.82, 2.24) is 14.9 Å². The third-order valence-corrected chi connectivity index (χ3v) is 3.07. The number of nitriles is 1. The molecule has 1 N–H and O–H groups in total. The predicted octanol–water partition coefficient (Wildman–Crippen LogP) is 3.00. The Bertz CT molecular complexity index is 598. The second-order valence-electron chi connectivity index (χ2n) is 4.36. The van der Waals surface area contributed by atoms with Gasteiger partial charge in [0.1, 0.15) is 5.82 Å². The van der Waals surface area contributed by atoms with E-state index in [1.165, 1.54) is 12.4 Å². The molecule has 0 bridgehead atoms. The smallest absolute Gasteiger partial charge is 0.303 e. The molecule has 2 rings (SSSR count). The first-order chi connectivity index (χ1) is 9.61. The zero-order valence-electron chi connectivity index (χ0n) is 10.9. The van der Waals surface area contributed by atoms with Gasteiger partial charge in [-0.15, -0.1) is 0 Å². The first-order valence-corrected chi connectivity index (χ1v) is 6.15. The standard InChI is InChI=1S/C14H14F2N4/c1-10(12-4-2-11(8-17)3-5-12)19-9-13-18-6-7-20(13)14(15)16/h2-7,10,14,19H,9H2,1H3. The molecule has 0 saturated heterocycles. The summed E-state index contributed by atoms with van der Waals surface area (Å²) in [6.07, 6.45) is 2.61. The lowest BCUT2D eigenvalue weighted by Crippen LogP contribution is -2.21. The quantitative estimate of drug-likeness (QED) is 0.913. The second kappa shape index (κ2) is 6.26. The van der Waals surface area contributed by atoms with Crippen LogP contribution in [0.5, 0.6) is 0 Å². The summed E-state index contributed by atoms with van der Waals surface area (Å²) in [5, 5.41) is 11.9. The first kappa shape index (κ1) is 14.2. The summed E-state index contributed by atoms with van der Waals surface area (Å²) >= 11 is 0. The summed E-state index contributed by atoms with van der Waals surface area (Å²) in [6.45, 7) is -0.408. The number of halogens is 2. The van der Waals surface area contributed by atoms with Gasteiger partial charge in [-0.25, -0.2) is 4.98 Å². The largest absolute Gasteiger partial charge is 0.319 e. The van der Waals surface area contributed by atoms with Crippen molar-refractivity contribution >= 4 is 0 Å². The number of nitrogens with zero attached hydrogens (tertiary/aromatic N) is 3. The van der Waals surface area contributed by atoms with Crippen LogP contribution < -0.4 is 5.32 Å². The number of hydrogen-bond donors (Lipinski definition) is 1. The summed E-state index contributed by atoms with van der Waals surface area (Å²) in [6, 6.07) is 9.17. The Morgan fingerprint density at radius 1 is 1.35 bits per heavy atom. The highest BCUT2D eigenvalue weighted by molar-refractivity contribution is 5.32. The number of alkyl halides is 2. The fourth-order valence-electron chi connectivity index (χ4n) is 1.87. The Labute approximate surface area is 115 Å². The van der Waals surface area contributed by atoms with Gasteiger partial charge in [0.15, 0.2) is 0 Å². The molecular weight excluding hydrogens is 262 g/mol. The van der Waals surface area contributed by atoms with Crippen LogP contribution in [0.4, 0.5) is 8.78 Å². The molecule has 2 aromatic rings. The van der Waals surface area contributed by atoms with Gasteiger partial charge in [-0.1, -0.05) is 12.1 Å². The predicted molar refractivity (Wildman–Crippen MR) is 69.9 cm³/mol. The Kier molecular flexibility index (Phi) is 4.43. The Morgan fingerprint density at radius 3 is 2.65 bits per heavy atom. The lowest BCUT2D eigenvalue weighted by molar-refractivity contribution is 0.0665. The third kappa shape index (κ3) is 3.19. The van der Waals surface area contributed by atoms with Gasteiger partial charge < -0.3 is 5.32 Å². The molecule has 20 heavy (non-hydrogen) atoms. The zero-order valence-corrected chi connectivity index (χ0v) is 10.9. The van der Waals surface area contributed by atoms with Crippen LogP contribution in [-0.4, -0.2) is 9.55 Å². The fraction of sp³-hybridized carbons (Fsp3) is 0.286. The summed E-state index contributed by atoms with van der Waals surface area (Å²) in [5.41, 5.74) is 1.58. The van der Waals surface area contributed by atoms with Crippen molar-refractivity contribution in [2.45, 2.75) is 26.1 Å². The minimum Gasteiger partial charge on any atom is -0.303 e. The van der Waals surface area contributed by atoms with Crippen molar-refractivity contribution in [3.63, 3.8) is 0 Å². The van der Waals surface area contributed by atoms with Crippen molar-refractivity contribution in [3.8, 4) is 6.07 Å². The van der Waals surface area contributed by atoms with Crippen LogP contribution in [0, 0.1) is 11.3 Å². The number of nitrogens with one attached hydrogen (secondary N) is 1. The van der Waals surface area contributed by atoms with Gasteiger partial charge in [-0.2, -0.15) is 14.0 Å². The monoisotopic (exact) mass is 276 g/mol. The van der Waals surface area contributed by atoms with Gasteiger partial charge in [0, 0.05) is 18.4 Å². The van der Waals surface area contributed by atoms with E-state index in [2.05, 4.69) is 16.4 Å². The zero-order chi connectivity index (χ0) is 14.5. The van der Waals surface area contributed by atoms with E-state index in [4.69, 9.17) is 5.26 Å². The van der Waals surface area contributed by atoms with Gasteiger partial charge in [0.2, 0.25) is 0 Å². The Balaban J connectivity index is 1.99. The Hall–Kier alpha value is -2.26. The van der Waals surface area contributed by atoms with E-state index >= 15 is 0 Å². The molecular formula is C14H14F2N4. The maximum Gasteiger partial charge on any atom is 0.319 e. The SMILES string of the molecule is CC(NCc1nccn1C(F)F)c1ccc(C#N)cc1. The molecule has 1 aromatic heterocycles. The van der Waals surface area contributed by atoms with Gasteiger partial charge >= 0.3 is 6.55 Å². The molecule has 1 heterocycles. The van der Waals surface area contributed by atoms with E-state index in [0.717, 1.165) is 10.1 Å². The van der Waals surface area contributed by atoms with Crippen molar-refractivity contribution < 1.29 is 8.78 Å². The second-order valence-corrected chi connectivity index (χ2v) is 4.36. The first-order valence-electron chi connectivity index (χ1n) is 6.15. The molecule has 0 amide bonds. The van der Waals surface area contributed by atoms with E-state index in [1.807, 2.05) is 19.1 Å². The number of imidazole rings is 1. The van der Waals surface area contributed by atoms with E-state index < -0.39 is 6.55 Å². The van der Waals surface area contributed by atoms with Crippen molar-refractivity contribution in [2.75, 3.05) is 0 Å². The molecule has 0 fully saturated rings. The topological polar surface area (TPSA) is 53.6 Å². The number of rotatable bonds is 5. The molecule has 0 aliphatic heterocycles. The molecule has 0 aliphatic rings. The van der Waals surface area contributed by atoms with Crippen LogP contribution in [0.2, 0.25) is 0 Å². The summed E-state index contributed by atoms with van der Waals surface area (Å²) < 4.78 is 26.1. The molecule has 0 aliphatic carbocycles. The highest BCUT2D eigenvalue weighted by atomic mass is 19.3. The van der Waals surface area contributed by atoms with Gasteiger partial charge in [-0.05, 0) is 24.6 Å². The van der Waals surface area contributed by atoms with Crippen LogP contribution >= 0.6 is 0 Å². The molecule has 104 valence electrons. The summed E-state index contributed by atoms with van der Waals surface area (Å²) in [7, 11) is 0. The number of aromatic nitrogens is 2. The molecule has 4 nitrogen and oxygen atoms in total. The number of benzene rings is 1. The van der Waals surface area contributed by atoms with Crippen LogP contribution in [0.1, 0.15) is 36.5 Å². The molecule has 0 radical (unpaired) electrons. The maximum absolute atomic E-state index is 12.7. The molecule has 6 heteroatoms. The molecule has 1 unspecified atom stereocenters. The van der Waals surface area contributed by atoms with E-state index in [1.54, 1.807) is 12.1 Å². The Morgan fingerprint density at radius 2 is 2.05 bits per heavy atom. The van der Waals surface area contributed by atoms with E-state index in [-0.39, 0.29) is 12.6 Å². The normalized spacial score (nSPS) is 12.3. The minimum atomic E-state index is -2.58. The van der Waals surface area contributed by atoms with Crippen LogP contribution in [0.3, 0.4) is 0 Å². The molecule has 0 spiro atoms. The van der Waals surface area contributed by atoms with Crippen LogP contribution in [0.15, 0.2) is 36.7 Å². The van der Waals surface area contributed by atoms with Crippen LogP contribution in [-0.2, 0) is 6.54 Å². The lowest BCUT2D eigenvalue weighted by atomic mass is 10.1. The van der Waals surface area contributed by atoms with Gasteiger partial charge in [-0.3, -0.25) is 4.57 Å². The third-order valence-electron chi connectivity index (χ3n) is 3.07. The highest BCUT2D eigenvalue weighted by Crippen LogP contribution is 2.16. The summed E-state index contributed by atoms with van der Waals surface area (Å²) in [4.78, 5) is 3.91.